The van der Waals surface area contributed by atoms with Crippen molar-refractivity contribution in [3.05, 3.63) is 59.9 Å². The first-order valence-corrected chi connectivity index (χ1v) is 11.3. The molecule has 0 aliphatic rings. The highest BCUT2D eigenvalue weighted by Crippen LogP contribution is 2.24. The maximum atomic E-state index is 10.6. The zero-order valence-electron chi connectivity index (χ0n) is 16.0. The van der Waals surface area contributed by atoms with Crippen molar-refractivity contribution >= 4 is 29.1 Å². The van der Waals surface area contributed by atoms with Gasteiger partial charge in [-0.25, -0.2) is 4.57 Å². The van der Waals surface area contributed by atoms with E-state index in [4.69, 9.17) is 19.2 Å². The fourth-order valence-corrected chi connectivity index (χ4v) is 3.08. The van der Waals surface area contributed by atoms with Gasteiger partial charge < -0.3 is 23.7 Å². The molecule has 2 aromatic rings. The van der Waals surface area contributed by atoms with Gasteiger partial charge in [0.05, 0.1) is 13.2 Å². The van der Waals surface area contributed by atoms with Gasteiger partial charge in [-0.05, 0) is 29.7 Å². The number of pyridine rings is 1. The number of nitrogens with zero attached hydrogens (tertiary/aromatic N) is 2. The molecule has 10 heteroatoms. The fourth-order valence-electron chi connectivity index (χ4n) is 2.57. The average Bonchev–Trinajstić information content (AvgIpc) is 2.69. The van der Waals surface area contributed by atoms with Crippen LogP contribution in [0, 0.1) is 0 Å². The van der Waals surface area contributed by atoms with E-state index in [-0.39, 0.29) is 13.2 Å². The Kier molecular flexibility index (Phi) is 10.3. The van der Waals surface area contributed by atoms with E-state index in [1.165, 1.54) is 0 Å². The van der Waals surface area contributed by atoms with Gasteiger partial charge in [-0.3, -0.25) is 9.56 Å². The molecule has 8 nitrogen and oxygen atoms in total. The molecule has 29 heavy (non-hydrogen) atoms. The monoisotopic (exact) mass is 439 g/mol. The van der Waals surface area contributed by atoms with Crippen LogP contribution in [-0.4, -0.2) is 40.7 Å². The third kappa shape index (κ3) is 8.64. The summed E-state index contributed by atoms with van der Waals surface area (Å²) in [6, 6.07) is 10.0. The molecule has 1 atom stereocenters. The molecule has 3 N–H and O–H groups in total. The largest absolute Gasteiger partial charge is 0.328 e. The third-order valence-corrected chi connectivity index (χ3v) is 4.75. The van der Waals surface area contributed by atoms with E-state index in [1.807, 2.05) is 66.4 Å². The number of aliphatic imine (C=N–C) groups is 1. The molecule has 2 rings (SSSR count). The Morgan fingerprint density at radius 3 is 2.55 bits per heavy atom. The molecule has 0 aliphatic carbocycles. The van der Waals surface area contributed by atoms with Crippen LogP contribution in [-0.2, 0) is 20.2 Å². The molecule has 0 amide bonds. The zero-order valence-corrected chi connectivity index (χ0v) is 17.9. The van der Waals surface area contributed by atoms with Gasteiger partial charge in [-0.1, -0.05) is 24.3 Å². The summed E-state index contributed by atoms with van der Waals surface area (Å²) in [5, 5.41) is 0. The highest BCUT2D eigenvalue weighted by Gasteiger charge is 2.07. The van der Waals surface area contributed by atoms with Crippen molar-refractivity contribution in [1.29, 1.82) is 0 Å². The normalized spacial score (nSPS) is 13.0. The number of allylic oxidation sites excluding steroid dienone is 1. The molecule has 0 radical (unpaired) electrons. The maximum absolute atomic E-state index is 10.6. The highest BCUT2D eigenvalue weighted by atomic mass is 31.2. The summed E-state index contributed by atoms with van der Waals surface area (Å²) in [5.41, 5.74) is 4.00. The lowest BCUT2D eigenvalue weighted by atomic mass is 10.00. The first-order chi connectivity index (χ1) is 14.0. The van der Waals surface area contributed by atoms with Gasteiger partial charge in [0, 0.05) is 23.9 Å². The molecule has 1 aromatic carbocycles. The first-order valence-electron chi connectivity index (χ1n) is 8.92. The van der Waals surface area contributed by atoms with Crippen molar-refractivity contribution in [3.8, 4) is 11.1 Å². The van der Waals surface area contributed by atoms with E-state index >= 15 is 0 Å². The van der Waals surface area contributed by atoms with Crippen molar-refractivity contribution in [1.82, 2.24) is 0 Å². The molecule has 0 spiro atoms. The summed E-state index contributed by atoms with van der Waals surface area (Å²) in [7, 11) is -5.25. The topological polar surface area (TPSA) is 112 Å². The molecule has 156 valence electrons. The van der Waals surface area contributed by atoms with Crippen molar-refractivity contribution in [3.63, 3.8) is 0 Å². The molecular formula is C19H25N2O6P2+. The summed E-state index contributed by atoms with van der Waals surface area (Å²) in [5.74, 6) is 0. The highest BCUT2D eigenvalue weighted by molar-refractivity contribution is 7.39. The second kappa shape index (κ2) is 12.7. The predicted octanol–water partition coefficient (Wildman–Crippen LogP) is 2.72. The number of rotatable bonds is 11. The molecule has 1 aromatic heterocycles. The Morgan fingerprint density at radius 1 is 1.14 bits per heavy atom. The number of aromatic nitrogens is 1. The van der Waals surface area contributed by atoms with E-state index in [1.54, 1.807) is 6.21 Å². The summed E-state index contributed by atoms with van der Waals surface area (Å²) in [6.07, 6.45) is 9.48. The van der Waals surface area contributed by atoms with Crippen LogP contribution in [0.2, 0.25) is 0 Å². The molecule has 0 saturated carbocycles. The second-order valence-electron chi connectivity index (χ2n) is 5.90. The summed E-state index contributed by atoms with van der Waals surface area (Å²) in [6.45, 7) is 3.07. The number of benzene rings is 1. The summed E-state index contributed by atoms with van der Waals surface area (Å²) < 4.78 is 21.9. The Morgan fingerprint density at radius 2 is 1.90 bits per heavy atom. The average molecular weight is 439 g/mol. The standard InChI is InChI=1S/C19H24N2O6P2/c1-2-3-16-4-5-18(14-19(16)15-20-8-12-26-28(22)23)17-6-9-21(10-7-17)11-13-27-29(24)25/h2-7,9-10,14-15,24-25,28H,8,11-13H2,1H3/p+1/b3-2-,20-15+. The Bertz CT molecular complexity index is 856. The molecule has 0 bridgehead atoms. The molecular weight excluding hydrogens is 414 g/mol. The minimum atomic E-state index is -2.92. The van der Waals surface area contributed by atoms with Gasteiger partial charge in [0.15, 0.2) is 18.9 Å². The number of hydrogen-bond donors (Lipinski definition) is 3. The van der Waals surface area contributed by atoms with E-state index in [0.717, 1.165) is 22.3 Å². The Balaban J connectivity index is 2.12. The van der Waals surface area contributed by atoms with E-state index in [2.05, 4.69) is 9.52 Å². The van der Waals surface area contributed by atoms with Crippen LogP contribution in [0.1, 0.15) is 18.1 Å². The SMILES string of the molecule is C/C=C\c1ccc(-c2cc[n+](CCOP(O)O)cc2)cc1/C=N/CCO[PH](=O)O. The van der Waals surface area contributed by atoms with Gasteiger partial charge in [0.25, 0.3) is 0 Å². The lowest BCUT2D eigenvalue weighted by Crippen LogP contribution is -2.34. The van der Waals surface area contributed by atoms with Crippen molar-refractivity contribution in [2.75, 3.05) is 19.8 Å². The summed E-state index contributed by atoms with van der Waals surface area (Å²) >= 11 is 0. The third-order valence-electron chi connectivity index (χ3n) is 3.89. The molecule has 0 fully saturated rings. The van der Waals surface area contributed by atoms with Crippen LogP contribution >= 0.6 is 16.9 Å². The van der Waals surface area contributed by atoms with E-state index in [0.29, 0.717) is 13.1 Å². The molecule has 0 aliphatic heterocycles. The number of hydrogen-bond acceptors (Lipinski definition) is 6. The first kappa shape index (κ1) is 23.5. The molecule has 0 saturated heterocycles. The minimum absolute atomic E-state index is 0.0975. The van der Waals surface area contributed by atoms with Crippen LogP contribution in [0.3, 0.4) is 0 Å². The van der Waals surface area contributed by atoms with Gasteiger partial charge in [-0.15, -0.1) is 0 Å². The van der Waals surface area contributed by atoms with Gasteiger partial charge in [-0.2, -0.15) is 0 Å². The quantitative estimate of drug-likeness (QED) is 0.215. The second-order valence-corrected chi connectivity index (χ2v) is 7.49. The summed E-state index contributed by atoms with van der Waals surface area (Å²) in [4.78, 5) is 30.5. The van der Waals surface area contributed by atoms with Crippen molar-refractivity contribution in [2.45, 2.75) is 13.5 Å². The predicted molar refractivity (Wildman–Crippen MR) is 114 cm³/mol. The zero-order chi connectivity index (χ0) is 21.1. The van der Waals surface area contributed by atoms with Gasteiger partial charge in [0.1, 0.15) is 6.61 Å². The van der Waals surface area contributed by atoms with E-state index < -0.39 is 16.9 Å². The van der Waals surface area contributed by atoms with Crippen LogP contribution in [0.5, 0.6) is 0 Å². The smallest absolute Gasteiger partial charge is 0.327 e. The van der Waals surface area contributed by atoms with Crippen LogP contribution < -0.4 is 4.57 Å². The lowest BCUT2D eigenvalue weighted by Gasteiger charge is -2.07. The molecule has 1 unspecified atom stereocenters. The van der Waals surface area contributed by atoms with Crippen LogP contribution in [0.15, 0.2) is 53.8 Å². The van der Waals surface area contributed by atoms with E-state index in [9.17, 15) is 4.57 Å². The Labute approximate surface area is 171 Å². The minimum Gasteiger partial charge on any atom is -0.328 e. The van der Waals surface area contributed by atoms with Gasteiger partial charge >= 0.3 is 16.9 Å². The fraction of sp³-hybridized carbons (Fsp3) is 0.263. The van der Waals surface area contributed by atoms with Gasteiger partial charge in [0.2, 0.25) is 0 Å². The van der Waals surface area contributed by atoms with Crippen molar-refractivity contribution in [2.24, 2.45) is 4.99 Å². The van der Waals surface area contributed by atoms with Crippen molar-refractivity contribution < 1.29 is 32.9 Å². The Hall–Kier alpha value is -1.76. The lowest BCUT2D eigenvalue weighted by molar-refractivity contribution is -0.697. The molecule has 1 heterocycles. The van der Waals surface area contributed by atoms with Crippen LogP contribution in [0.4, 0.5) is 0 Å². The van der Waals surface area contributed by atoms with Crippen LogP contribution in [0.25, 0.3) is 17.2 Å². The maximum Gasteiger partial charge on any atom is 0.327 e.